The molecule has 1 fully saturated rings. The minimum atomic E-state index is -0.465. The fraction of sp³-hybridized carbons (Fsp3) is 0.524. The minimum Gasteiger partial charge on any atom is -0.444 e. The maximum absolute atomic E-state index is 12.6. The zero-order valence-electron chi connectivity index (χ0n) is 15.3. The van der Waals surface area contributed by atoms with Crippen molar-refractivity contribution < 1.29 is 9.53 Å². The number of carbonyl (C=O) groups is 1. The Morgan fingerprint density at radius 3 is 2.84 bits per heavy atom. The van der Waals surface area contributed by atoms with Crippen LogP contribution in [0.5, 0.6) is 0 Å². The van der Waals surface area contributed by atoms with Gasteiger partial charge in [0.15, 0.2) is 0 Å². The van der Waals surface area contributed by atoms with Crippen LogP contribution in [0.2, 0.25) is 0 Å². The molecule has 132 valence electrons. The number of hydrogen-bond donors (Lipinski definition) is 0. The number of nitriles is 1. The fourth-order valence-electron chi connectivity index (χ4n) is 3.86. The summed E-state index contributed by atoms with van der Waals surface area (Å²) in [5.74, 6) is 0. The van der Waals surface area contributed by atoms with Crippen molar-refractivity contribution in [3.63, 3.8) is 0 Å². The summed E-state index contributed by atoms with van der Waals surface area (Å²) in [4.78, 5) is 14.6. The molecule has 1 saturated heterocycles. The van der Waals surface area contributed by atoms with E-state index in [1.165, 1.54) is 5.57 Å². The summed E-state index contributed by atoms with van der Waals surface area (Å²) in [6, 6.07) is 10.4. The van der Waals surface area contributed by atoms with E-state index in [0.29, 0.717) is 5.56 Å². The predicted molar refractivity (Wildman–Crippen MR) is 97.1 cm³/mol. The summed E-state index contributed by atoms with van der Waals surface area (Å²) in [6.07, 6.45) is 6.99. The highest BCUT2D eigenvalue weighted by Crippen LogP contribution is 2.35. The molecule has 2 aliphatic heterocycles. The number of piperidine rings is 1. The number of nitrogens with zero attached hydrogens (tertiary/aromatic N) is 2. The lowest BCUT2D eigenvalue weighted by molar-refractivity contribution is -0.00149. The van der Waals surface area contributed by atoms with E-state index in [1.54, 1.807) is 0 Å². The van der Waals surface area contributed by atoms with Crippen LogP contribution in [0.1, 0.15) is 57.6 Å². The monoisotopic (exact) mass is 338 g/mol. The van der Waals surface area contributed by atoms with Crippen LogP contribution >= 0.6 is 0 Å². The Kier molecular flexibility index (Phi) is 4.85. The molecule has 1 amide bonds. The SMILES string of the molecule is CC(C)(C)OC(=O)N1C2C=C(Cc3cccc(C#N)c3)CC1CCC2. The van der Waals surface area contributed by atoms with Gasteiger partial charge in [-0.05, 0) is 70.6 Å². The Morgan fingerprint density at radius 2 is 2.16 bits per heavy atom. The van der Waals surface area contributed by atoms with Crippen LogP contribution in [0.4, 0.5) is 4.79 Å². The summed E-state index contributed by atoms with van der Waals surface area (Å²) in [7, 11) is 0. The van der Waals surface area contributed by atoms with Crippen molar-refractivity contribution in [2.45, 2.75) is 70.6 Å². The highest BCUT2D eigenvalue weighted by molar-refractivity contribution is 5.70. The summed E-state index contributed by atoms with van der Waals surface area (Å²) in [5.41, 5.74) is 2.76. The van der Waals surface area contributed by atoms with Crippen LogP contribution < -0.4 is 0 Å². The van der Waals surface area contributed by atoms with Gasteiger partial charge in [0.05, 0.1) is 17.7 Å². The lowest BCUT2D eigenvalue weighted by Crippen LogP contribution is -2.53. The molecule has 0 radical (unpaired) electrons. The second kappa shape index (κ2) is 6.92. The molecule has 2 unspecified atom stereocenters. The van der Waals surface area contributed by atoms with E-state index in [2.05, 4.69) is 18.2 Å². The van der Waals surface area contributed by atoms with E-state index in [4.69, 9.17) is 10.00 Å². The third-order valence-electron chi connectivity index (χ3n) is 4.81. The Balaban J connectivity index is 1.77. The molecule has 0 spiro atoms. The van der Waals surface area contributed by atoms with Crippen molar-refractivity contribution in [3.05, 3.63) is 47.0 Å². The second-order valence-electron chi connectivity index (χ2n) is 8.06. The summed E-state index contributed by atoms with van der Waals surface area (Å²) >= 11 is 0. The zero-order chi connectivity index (χ0) is 18.0. The third-order valence-corrected chi connectivity index (χ3v) is 4.81. The van der Waals surface area contributed by atoms with Crippen LogP contribution in [0.3, 0.4) is 0 Å². The maximum Gasteiger partial charge on any atom is 0.411 e. The van der Waals surface area contributed by atoms with E-state index in [0.717, 1.165) is 37.7 Å². The van der Waals surface area contributed by atoms with Gasteiger partial charge >= 0.3 is 6.09 Å². The highest BCUT2D eigenvalue weighted by atomic mass is 16.6. The van der Waals surface area contributed by atoms with E-state index in [1.807, 2.05) is 43.9 Å². The Morgan fingerprint density at radius 1 is 1.36 bits per heavy atom. The molecule has 0 saturated carbocycles. The van der Waals surface area contributed by atoms with Crippen molar-refractivity contribution in [3.8, 4) is 6.07 Å². The van der Waals surface area contributed by atoms with Gasteiger partial charge in [-0.3, -0.25) is 4.90 Å². The lowest BCUT2D eigenvalue weighted by Gasteiger charge is -2.45. The zero-order valence-corrected chi connectivity index (χ0v) is 15.3. The normalized spacial score (nSPS) is 22.8. The number of ether oxygens (including phenoxy) is 1. The standard InChI is InChI=1S/C21H26N2O2/c1-21(2,3)25-20(24)23-18-8-5-9-19(23)13-17(12-18)11-15-6-4-7-16(10-15)14-22/h4,6-7,10,12,18-19H,5,8-9,11,13H2,1-3H3. The summed E-state index contributed by atoms with van der Waals surface area (Å²) < 4.78 is 5.62. The average Bonchev–Trinajstić information content (AvgIpc) is 2.52. The second-order valence-corrected chi connectivity index (χ2v) is 8.06. The van der Waals surface area contributed by atoms with Gasteiger partial charge in [-0.2, -0.15) is 5.26 Å². The van der Waals surface area contributed by atoms with Crippen LogP contribution in [-0.4, -0.2) is 28.7 Å². The van der Waals surface area contributed by atoms with E-state index in [9.17, 15) is 4.79 Å². The molecule has 0 aromatic heterocycles. The van der Waals surface area contributed by atoms with E-state index >= 15 is 0 Å². The number of fused-ring (bicyclic) bond motifs is 2. The van der Waals surface area contributed by atoms with Gasteiger partial charge in [0.2, 0.25) is 0 Å². The van der Waals surface area contributed by atoms with Crippen molar-refractivity contribution >= 4 is 6.09 Å². The van der Waals surface area contributed by atoms with Crippen LogP contribution in [0.25, 0.3) is 0 Å². The molecule has 3 rings (SSSR count). The lowest BCUT2D eigenvalue weighted by atomic mass is 9.83. The molecule has 2 bridgehead atoms. The van der Waals surface area contributed by atoms with Crippen LogP contribution in [0.15, 0.2) is 35.9 Å². The molecule has 4 heteroatoms. The van der Waals surface area contributed by atoms with Crippen LogP contribution in [0, 0.1) is 11.3 Å². The number of carbonyl (C=O) groups excluding carboxylic acids is 1. The molecule has 1 aromatic rings. The first kappa shape index (κ1) is 17.5. The Labute approximate surface area is 150 Å². The van der Waals surface area contributed by atoms with Gasteiger partial charge < -0.3 is 4.74 Å². The van der Waals surface area contributed by atoms with E-state index in [-0.39, 0.29) is 18.2 Å². The van der Waals surface area contributed by atoms with E-state index < -0.39 is 5.60 Å². The van der Waals surface area contributed by atoms with Gasteiger partial charge in [-0.25, -0.2) is 4.79 Å². The highest BCUT2D eigenvalue weighted by Gasteiger charge is 2.39. The van der Waals surface area contributed by atoms with Crippen LogP contribution in [-0.2, 0) is 11.2 Å². The Bertz CT molecular complexity index is 724. The van der Waals surface area contributed by atoms with Gasteiger partial charge in [-0.1, -0.05) is 23.8 Å². The van der Waals surface area contributed by atoms with Crippen molar-refractivity contribution in [2.24, 2.45) is 0 Å². The minimum absolute atomic E-state index is 0.136. The Hall–Kier alpha value is -2.28. The van der Waals surface area contributed by atoms with Gasteiger partial charge in [0, 0.05) is 6.04 Å². The molecule has 1 aromatic carbocycles. The number of benzene rings is 1. The first-order valence-electron chi connectivity index (χ1n) is 9.05. The molecule has 2 aliphatic rings. The first-order valence-corrected chi connectivity index (χ1v) is 9.05. The van der Waals surface area contributed by atoms with Gasteiger partial charge in [0.1, 0.15) is 5.60 Å². The molecule has 25 heavy (non-hydrogen) atoms. The fourth-order valence-corrected chi connectivity index (χ4v) is 3.86. The first-order chi connectivity index (χ1) is 11.9. The van der Waals surface area contributed by atoms with Crippen molar-refractivity contribution in [1.82, 2.24) is 4.90 Å². The van der Waals surface area contributed by atoms with Crippen molar-refractivity contribution in [1.29, 1.82) is 5.26 Å². The predicted octanol–water partition coefficient (Wildman–Crippen LogP) is 4.59. The molecular formula is C21H26N2O2. The number of rotatable bonds is 2. The quantitative estimate of drug-likeness (QED) is 0.741. The maximum atomic E-state index is 12.6. The molecule has 0 aliphatic carbocycles. The number of hydrogen-bond acceptors (Lipinski definition) is 3. The molecule has 0 N–H and O–H groups in total. The third kappa shape index (κ3) is 4.22. The van der Waals surface area contributed by atoms with Gasteiger partial charge in [0.25, 0.3) is 0 Å². The molecule has 2 heterocycles. The van der Waals surface area contributed by atoms with Gasteiger partial charge in [-0.15, -0.1) is 0 Å². The smallest absolute Gasteiger partial charge is 0.411 e. The summed E-state index contributed by atoms with van der Waals surface area (Å²) in [5, 5.41) is 9.07. The summed E-state index contributed by atoms with van der Waals surface area (Å²) in [6.45, 7) is 5.73. The topological polar surface area (TPSA) is 53.3 Å². The molecular weight excluding hydrogens is 312 g/mol. The molecule has 2 atom stereocenters. The molecule has 4 nitrogen and oxygen atoms in total. The van der Waals surface area contributed by atoms with Crippen molar-refractivity contribution in [2.75, 3.05) is 0 Å². The number of amides is 1. The largest absolute Gasteiger partial charge is 0.444 e. The average molecular weight is 338 g/mol.